The first kappa shape index (κ1) is 7.61. The van der Waals surface area contributed by atoms with Gasteiger partial charge in [-0.3, -0.25) is 14.8 Å². The summed E-state index contributed by atoms with van der Waals surface area (Å²) in [6.07, 6.45) is 0.472. The van der Waals surface area contributed by atoms with Crippen LogP contribution in [0.25, 0.3) is 0 Å². The number of carbonyl (C=O) groups is 1. The van der Waals surface area contributed by atoms with Crippen molar-refractivity contribution in [2.45, 2.75) is 6.42 Å². The smallest absolute Gasteiger partial charge is 0.247 e. The molecule has 0 aromatic carbocycles. The predicted molar refractivity (Wildman–Crippen MR) is 43.0 cm³/mol. The third kappa shape index (κ3) is 1.08. The van der Waals surface area contributed by atoms with Crippen molar-refractivity contribution in [3.63, 3.8) is 0 Å². The lowest BCUT2D eigenvalue weighted by Crippen LogP contribution is -2.38. The Balaban J connectivity index is 2.17. The third-order valence-electron chi connectivity index (χ3n) is 2.19. The molecule has 0 aromatic heterocycles. The van der Waals surface area contributed by atoms with Crippen molar-refractivity contribution in [3.05, 3.63) is 12.3 Å². The van der Waals surface area contributed by atoms with Crippen molar-refractivity contribution in [1.29, 1.82) is 0 Å². The summed E-state index contributed by atoms with van der Waals surface area (Å²) in [5, 5.41) is 3.66. The molecule has 4 heteroatoms. The van der Waals surface area contributed by atoms with Crippen LogP contribution in [-0.4, -0.2) is 42.2 Å². The number of hydrogen-bond acceptors (Lipinski definition) is 3. The van der Waals surface area contributed by atoms with E-state index in [1.165, 1.54) is 0 Å². The van der Waals surface area contributed by atoms with Crippen LogP contribution in [0.5, 0.6) is 0 Å². The number of hydrogen-bond donors (Lipinski definition) is 0. The number of hydrazine groups is 1. The molecular weight excluding hydrogens is 156 g/mol. The lowest BCUT2D eigenvalue weighted by molar-refractivity contribution is -0.136. The van der Waals surface area contributed by atoms with Gasteiger partial charge in [0.05, 0.1) is 32.7 Å². The van der Waals surface area contributed by atoms with Crippen LogP contribution < -0.4 is 0 Å². The minimum atomic E-state index is 0.144. The first-order valence-corrected chi connectivity index (χ1v) is 4.12. The van der Waals surface area contributed by atoms with Crippen molar-refractivity contribution in [2.75, 3.05) is 26.3 Å². The fraction of sp³-hybridized carbons (Fsp3) is 0.625. The summed E-state index contributed by atoms with van der Waals surface area (Å²) < 4.78 is 5.25. The molecule has 2 aliphatic rings. The number of fused-ring (bicyclic) bond motifs is 1. The van der Waals surface area contributed by atoms with E-state index in [2.05, 4.69) is 6.58 Å². The molecule has 2 heterocycles. The highest BCUT2D eigenvalue weighted by molar-refractivity contribution is 5.80. The zero-order valence-electron chi connectivity index (χ0n) is 6.95. The highest BCUT2D eigenvalue weighted by Crippen LogP contribution is 2.22. The Morgan fingerprint density at radius 2 is 1.92 bits per heavy atom. The van der Waals surface area contributed by atoms with Crippen molar-refractivity contribution in [2.24, 2.45) is 0 Å². The van der Waals surface area contributed by atoms with Gasteiger partial charge in [0.25, 0.3) is 0 Å². The van der Waals surface area contributed by atoms with Gasteiger partial charge >= 0.3 is 0 Å². The van der Waals surface area contributed by atoms with Gasteiger partial charge in [-0.05, 0) is 0 Å². The number of rotatable bonds is 0. The second-order valence-electron chi connectivity index (χ2n) is 3.00. The number of carbonyl (C=O) groups excluding carboxylic acids is 1. The fourth-order valence-corrected chi connectivity index (χ4v) is 1.59. The van der Waals surface area contributed by atoms with Gasteiger partial charge in [-0.25, -0.2) is 0 Å². The van der Waals surface area contributed by atoms with Gasteiger partial charge in [0.2, 0.25) is 5.91 Å². The van der Waals surface area contributed by atoms with Gasteiger partial charge in [-0.1, -0.05) is 6.58 Å². The van der Waals surface area contributed by atoms with Gasteiger partial charge in [-0.15, -0.1) is 0 Å². The van der Waals surface area contributed by atoms with Crippen molar-refractivity contribution in [3.8, 4) is 0 Å². The van der Waals surface area contributed by atoms with Gasteiger partial charge in [0, 0.05) is 5.70 Å². The van der Waals surface area contributed by atoms with Crippen molar-refractivity contribution >= 4 is 5.91 Å². The molecule has 2 rings (SSSR count). The van der Waals surface area contributed by atoms with Crippen molar-refractivity contribution in [1.82, 2.24) is 10.0 Å². The zero-order chi connectivity index (χ0) is 8.55. The second kappa shape index (κ2) is 2.79. The Morgan fingerprint density at radius 1 is 1.25 bits per heavy atom. The lowest BCUT2D eigenvalue weighted by atomic mass is 10.3. The topological polar surface area (TPSA) is 32.8 Å². The standard InChI is InChI=1S/C8H12N2O2/c1-7-6-8(11)10-3-5-12-4-2-9(7)10/h1-6H2. The summed E-state index contributed by atoms with van der Waals surface area (Å²) in [7, 11) is 0. The summed E-state index contributed by atoms with van der Waals surface area (Å²) >= 11 is 0. The third-order valence-corrected chi connectivity index (χ3v) is 2.19. The second-order valence-corrected chi connectivity index (χ2v) is 3.00. The van der Waals surface area contributed by atoms with Gasteiger partial charge in [0.1, 0.15) is 0 Å². The molecule has 66 valence electrons. The molecular formula is C8H12N2O2. The largest absolute Gasteiger partial charge is 0.378 e. The van der Waals surface area contributed by atoms with Crippen LogP contribution in [0, 0.1) is 0 Å². The molecule has 0 unspecified atom stereocenters. The zero-order valence-corrected chi connectivity index (χ0v) is 6.95. The fourth-order valence-electron chi connectivity index (χ4n) is 1.59. The summed E-state index contributed by atoms with van der Waals surface area (Å²) in [6, 6.07) is 0. The first-order valence-electron chi connectivity index (χ1n) is 4.12. The molecule has 0 atom stereocenters. The van der Waals surface area contributed by atoms with Crippen LogP contribution in [0.3, 0.4) is 0 Å². The molecule has 0 aliphatic carbocycles. The molecule has 12 heavy (non-hydrogen) atoms. The highest BCUT2D eigenvalue weighted by Gasteiger charge is 2.31. The van der Waals surface area contributed by atoms with E-state index in [9.17, 15) is 4.79 Å². The number of ether oxygens (including phenoxy) is 1. The summed E-state index contributed by atoms with van der Waals surface area (Å²) in [6.45, 7) is 6.58. The average molecular weight is 168 g/mol. The molecule has 4 nitrogen and oxygen atoms in total. The summed E-state index contributed by atoms with van der Waals surface area (Å²) in [5.74, 6) is 0.144. The first-order chi connectivity index (χ1) is 5.79. The van der Waals surface area contributed by atoms with E-state index in [0.29, 0.717) is 26.2 Å². The Hall–Kier alpha value is -1.03. The minimum Gasteiger partial charge on any atom is -0.378 e. The molecule has 0 spiro atoms. The molecule has 0 aromatic rings. The Labute approximate surface area is 71.4 Å². The molecule has 0 saturated carbocycles. The maximum absolute atomic E-state index is 11.3. The average Bonchev–Trinajstić information content (AvgIpc) is 2.29. The maximum Gasteiger partial charge on any atom is 0.247 e. The van der Waals surface area contributed by atoms with Gasteiger partial charge < -0.3 is 4.74 Å². The van der Waals surface area contributed by atoms with E-state index < -0.39 is 0 Å². The maximum atomic E-state index is 11.3. The van der Waals surface area contributed by atoms with Crippen molar-refractivity contribution < 1.29 is 9.53 Å². The number of amides is 1. The van der Waals surface area contributed by atoms with E-state index in [1.807, 2.05) is 5.01 Å². The van der Waals surface area contributed by atoms with E-state index in [4.69, 9.17) is 4.74 Å². The minimum absolute atomic E-state index is 0.144. The molecule has 0 bridgehead atoms. The molecule has 0 radical (unpaired) electrons. The van der Waals surface area contributed by atoms with E-state index >= 15 is 0 Å². The van der Waals surface area contributed by atoms with Crippen LogP contribution in [0.1, 0.15) is 6.42 Å². The van der Waals surface area contributed by atoms with Crippen LogP contribution in [0.2, 0.25) is 0 Å². The molecule has 2 aliphatic heterocycles. The van der Waals surface area contributed by atoms with Crippen LogP contribution in [0.4, 0.5) is 0 Å². The van der Waals surface area contributed by atoms with Crippen LogP contribution >= 0.6 is 0 Å². The highest BCUT2D eigenvalue weighted by atomic mass is 16.5. The SMILES string of the molecule is C=C1CC(=O)N2CCOCCN12. The molecule has 0 N–H and O–H groups in total. The Morgan fingerprint density at radius 3 is 2.67 bits per heavy atom. The molecule has 2 saturated heterocycles. The van der Waals surface area contributed by atoms with Crippen LogP contribution in [0.15, 0.2) is 12.3 Å². The predicted octanol–water partition coefficient (Wildman–Crippen LogP) is -0.0204. The molecule has 2 fully saturated rings. The van der Waals surface area contributed by atoms with Crippen LogP contribution in [-0.2, 0) is 9.53 Å². The van der Waals surface area contributed by atoms with E-state index in [0.717, 1.165) is 12.2 Å². The van der Waals surface area contributed by atoms with Gasteiger partial charge in [-0.2, -0.15) is 0 Å². The van der Waals surface area contributed by atoms with E-state index in [-0.39, 0.29) is 5.91 Å². The summed E-state index contributed by atoms with van der Waals surface area (Å²) in [5.41, 5.74) is 0.894. The van der Waals surface area contributed by atoms with E-state index in [1.54, 1.807) is 5.01 Å². The Kier molecular flexibility index (Phi) is 1.77. The van der Waals surface area contributed by atoms with Gasteiger partial charge in [0.15, 0.2) is 0 Å². The number of nitrogens with zero attached hydrogens (tertiary/aromatic N) is 2. The lowest BCUT2D eigenvalue weighted by Gasteiger charge is -2.26. The quantitative estimate of drug-likeness (QED) is 0.509. The molecule has 1 amide bonds. The Bertz CT molecular complexity index is 205. The monoisotopic (exact) mass is 168 g/mol. The normalized spacial score (nSPS) is 24.3. The summed E-state index contributed by atoms with van der Waals surface area (Å²) in [4.78, 5) is 11.3.